The molecule has 0 aliphatic carbocycles. The van der Waals surface area contributed by atoms with Crippen molar-refractivity contribution in [2.75, 3.05) is 5.43 Å². The van der Waals surface area contributed by atoms with E-state index >= 15 is 0 Å². The predicted octanol–water partition coefficient (Wildman–Crippen LogP) is 4.71. The third kappa shape index (κ3) is 3.42. The smallest absolute Gasteiger partial charge is 0.178 e. The van der Waals surface area contributed by atoms with E-state index in [9.17, 15) is 0 Å². The van der Waals surface area contributed by atoms with Gasteiger partial charge in [-0.3, -0.25) is 0 Å². The van der Waals surface area contributed by atoms with Gasteiger partial charge in [-0.25, -0.2) is 15.4 Å². The first-order valence-electron chi connectivity index (χ1n) is 6.48. The van der Waals surface area contributed by atoms with Gasteiger partial charge in [0.05, 0.1) is 21.1 Å². The monoisotopic (exact) mass is 352 g/mol. The van der Waals surface area contributed by atoms with Crippen LogP contribution in [0, 0.1) is 0 Å². The molecule has 0 saturated heterocycles. The Morgan fingerprint density at radius 3 is 2.18 bits per heavy atom. The highest BCUT2D eigenvalue weighted by atomic mass is 35.5. The molecule has 3 rings (SSSR count). The second kappa shape index (κ2) is 6.67. The summed E-state index contributed by atoms with van der Waals surface area (Å²) in [7, 11) is 0. The lowest BCUT2D eigenvalue weighted by Gasteiger charge is -2.10. The number of anilines is 1. The standard InChI is InChI=1S/C15H11Cl3N4/c16-10-6-12-13(7-11(10)17)21-15(14(18)20-12)22-19-8-9-4-2-1-3-5-9/h1-7,19H,8H2,(H,21,22). The summed E-state index contributed by atoms with van der Waals surface area (Å²) in [5, 5.41) is 1.10. The molecule has 7 heteroatoms. The van der Waals surface area contributed by atoms with Gasteiger partial charge >= 0.3 is 0 Å². The minimum Gasteiger partial charge on any atom is -0.303 e. The number of rotatable bonds is 4. The third-order valence-corrected chi connectivity index (χ3v) is 3.99. The molecule has 4 nitrogen and oxygen atoms in total. The molecule has 2 aromatic carbocycles. The van der Waals surface area contributed by atoms with E-state index in [2.05, 4.69) is 20.8 Å². The summed E-state index contributed by atoms with van der Waals surface area (Å²) in [6.45, 7) is 0.623. The SMILES string of the molecule is Clc1cc2nc(Cl)c(NNCc3ccccc3)nc2cc1Cl. The number of benzene rings is 2. The van der Waals surface area contributed by atoms with Gasteiger partial charge in [-0.1, -0.05) is 65.1 Å². The van der Waals surface area contributed by atoms with E-state index in [4.69, 9.17) is 34.8 Å². The Morgan fingerprint density at radius 1 is 0.864 bits per heavy atom. The number of nitrogens with one attached hydrogen (secondary N) is 2. The van der Waals surface area contributed by atoms with E-state index in [-0.39, 0.29) is 5.15 Å². The lowest BCUT2D eigenvalue weighted by Crippen LogP contribution is -2.22. The normalized spacial score (nSPS) is 10.9. The highest BCUT2D eigenvalue weighted by Gasteiger charge is 2.09. The van der Waals surface area contributed by atoms with E-state index in [0.29, 0.717) is 33.4 Å². The van der Waals surface area contributed by atoms with Crippen LogP contribution in [0.5, 0.6) is 0 Å². The number of fused-ring (bicyclic) bond motifs is 1. The Bertz CT molecular complexity index is 809. The molecule has 0 fully saturated rings. The molecule has 1 aromatic heterocycles. The minimum absolute atomic E-state index is 0.256. The van der Waals surface area contributed by atoms with Gasteiger partial charge in [-0.05, 0) is 17.7 Å². The van der Waals surface area contributed by atoms with Gasteiger partial charge in [0, 0.05) is 6.54 Å². The molecular weight excluding hydrogens is 343 g/mol. The maximum absolute atomic E-state index is 6.12. The van der Waals surface area contributed by atoms with Crippen molar-refractivity contribution in [3.8, 4) is 0 Å². The van der Waals surface area contributed by atoms with Crippen LogP contribution in [0.4, 0.5) is 5.82 Å². The van der Waals surface area contributed by atoms with Gasteiger partial charge in [0.25, 0.3) is 0 Å². The maximum atomic E-state index is 6.12. The summed E-state index contributed by atoms with van der Waals surface area (Å²) in [5.41, 5.74) is 8.35. The van der Waals surface area contributed by atoms with Crippen molar-refractivity contribution in [1.82, 2.24) is 15.4 Å². The van der Waals surface area contributed by atoms with Gasteiger partial charge in [0.15, 0.2) is 11.0 Å². The zero-order valence-electron chi connectivity index (χ0n) is 11.3. The van der Waals surface area contributed by atoms with Crippen LogP contribution in [0.3, 0.4) is 0 Å². The first-order valence-corrected chi connectivity index (χ1v) is 7.62. The number of hydrogen-bond acceptors (Lipinski definition) is 4. The third-order valence-electron chi connectivity index (χ3n) is 3.01. The zero-order valence-corrected chi connectivity index (χ0v) is 13.5. The molecule has 0 bridgehead atoms. The molecule has 0 amide bonds. The number of hydrazine groups is 1. The topological polar surface area (TPSA) is 49.8 Å². The van der Waals surface area contributed by atoms with Crippen LogP contribution < -0.4 is 10.9 Å². The predicted molar refractivity (Wildman–Crippen MR) is 91.5 cm³/mol. The van der Waals surface area contributed by atoms with E-state index in [0.717, 1.165) is 5.56 Å². The van der Waals surface area contributed by atoms with Gasteiger partial charge in [0.2, 0.25) is 0 Å². The summed E-state index contributed by atoms with van der Waals surface area (Å²) >= 11 is 18.1. The molecule has 0 unspecified atom stereocenters. The van der Waals surface area contributed by atoms with Crippen LogP contribution in [-0.2, 0) is 6.54 Å². The number of halogens is 3. The van der Waals surface area contributed by atoms with E-state index in [1.807, 2.05) is 30.3 Å². The molecule has 2 N–H and O–H groups in total. The van der Waals surface area contributed by atoms with Crippen molar-refractivity contribution >= 4 is 51.7 Å². The molecule has 0 saturated carbocycles. The summed E-state index contributed by atoms with van der Waals surface area (Å²) in [5.74, 6) is 0.434. The quantitative estimate of drug-likeness (QED) is 0.667. The summed E-state index contributed by atoms with van der Waals surface area (Å²) in [4.78, 5) is 8.66. The summed E-state index contributed by atoms with van der Waals surface area (Å²) in [6, 6.07) is 13.3. The van der Waals surface area contributed by atoms with Gasteiger partial charge < -0.3 is 5.43 Å². The van der Waals surface area contributed by atoms with Crippen LogP contribution >= 0.6 is 34.8 Å². The van der Waals surface area contributed by atoms with Crippen molar-refractivity contribution < 1.29 is 0 Å². The largest absolute Gasteiger partial charge is 0.303 e. The van der Waals surface area contributed by atoms with Gasteiger partial charge in [0.1, 0.15) is 0 Å². The molecule has 0 spiro atoms. The fourth-order valence-corrected chi connectivity index (χ4v) is 2.43. The van der Waals surface area contributed by atoms with E-state index in [1.54, 1.807) is 12.1 Å². The fraction of sp³-hybridized carbons (Fsp3) is 0.0667. The average Bonchev–Trinajstić information content (AvgIpc) is 2.51. The number of nitrogens with zero attached hydrogens (tertiary/aromatic N) is 2. The first-order chi connectivity index (χ1) is 10.6. The van der Waals surface area contributed by atoms with Crippen molar-refractivity contribution in [2.24, 2.45) is 0 Å². The lowest BCUT2D eigenvalue weighted by molar-refractivity contribution is 0.794. The van der Waals surface area contributed by atoms with Crippen molar-refractivity contribution in [2.45, 2.75) is 6.54 Å². The van der Waals surface area contributed by atoms with Crippen molar-refractivity contribution in [1.29, 1.82) is 0 Å². The van der Waals surface area contributed by atoms with Gasteiger partial charge in [-0.2, -0.15) is 0 Å². The second-order valence-electron chi connectivity index (χ2n) is 4.58. The Labute approximate surface area is 142 Å². The van der Waals surface area contributed by atoms with Crippen LogP contribution in [0.15, 0.2) is 42.5 Å². The molecular formula is C15H11Cl3N4. The Hall–Kier alpha value is -1.59. The van der Waals surface area contributed by atoms with Crippen LogP contribution in [0.2, 0.25) is 15.2 Å². The Kier molecular flexibility index (Phi) is 4.64. The van der Waals surface area contributed by atoms with Crippen LogP contribution in [0.1, 0.15) is 5.56 Å². The maximum Gasteiger partial charge on any atom is 0.178 e. The second-order valence-corrected chi connectivity index (χ2v) is 5.75. The summed E-state index contributed by atoms with van der Waals surface area (Å²) in [6.07, 6.45) is 0. The van der Waals surface area contributed by atoms with Crippen LogP contribution in [-0.4, -0.2) is 9.97 Å². The number of hydrogen-bond donors (Lipinski definition) is 2. The minimum atomic E-state index is 0.256. The molecule has 0 atom stereocenters. The van der Waals surface area contributed by atoms with Crippen molar-refractivity contribution in [3.63, 3.8) is 0 Å². The fourth-order valence-electron chi connectivity index (χ4n) is 1.94. The molecule has 3 aromatic rings. The highest BCUT2D eigenvalue weighted by Crippen LogP contribution is 2.28. The highest BCUT2D eigenvalue weighted by molar-refractivity contribution is 6.42. The molecule has 0 aliphatic heterocycles. The zero-order chi connectivity index (χ0) is 15.5. The van der Waals surface area contributed by atoms with E-state index in [1.165, 1.54) is 0 Å². The van der Waals surface area contributed by atoms with E-state index < -0.39 is 0 Å². The first kappa shape index (κ1) is 15.3. The van der Waals surface area contributed by atoms with Gasteiger partial charge in [-0.15, -0.1) is 0 Å². The molecule has 0 radical (unpaired) electrons. The molecule has 1 heterocycles. The Balaban J connectivity index is 1.78. The summed E-state index contributed by atoms with van der Waals surface area (Å²) < 4.78 is 0. The van der Waals surface area contributed by atoms with Crippen molar-refractivity contribution in [3.05, 3.63) is 63.2 Å². The molecule has 112 valence electrons. The Morgan fingerprint density at radius 2 is 1.50 bits per heavy atom. The molecule has 22 heavy (non-hydrogen) atoms. The van der Waals surface area contributed by atoms with Crippen LogP contribution in [0.25, 0.3) is 11.0 Å². The average molecular weight is 354 g/mol. The molecule has 0 aliphatic rings. The lowest BCUT2D eigenvalue weighted by atomic mass is 10.2. The number of aromatic nitrogens is 2.